The fraction of sp³-hybridized carbons (Fsp3) is 0.333. The Morgan fingerprint density at radius 2 is 2.00 bits per heavy atom. The number of carboxylic acid groups (broad SMARTS) is 1. The molecular weight excluding hydrogens is 305 g/mol. The number of aliphatic carboxylic acids is 1. The summed E-state index contributed by atoms with van der Waals surface area (Å²) in [6, 6.07) is 1.65. The fourth-order valence-electron chi connectivity index (χ4n) is 1.84. The summed E-state index contributed by atoms with van der Waals surface area (Å²) in [5.74, 6) is -1.32. The number of nitrogens with zero attached hydrogens (tertiary/aromatic N) is 4. The van der Waals surface area contributed by atoms with E-state index in [-0.39, 0.29) is 16.7 Å². The third kappa shape index (κ3) is 2.85. The van der Waals surface area contributed by atoms with Gasteiger partial charge in [-0.05, 0) is 12.1 Å². The number of aromatic nitrogens is 3. The van der Waals surface area contributed by atoms with Gasteiger partial charge in [-0.1, -0.05) is 0 Å². The zero-order chi connectivity index (χ0) is 16.7. The maximum Gasteiger partial charge on any atom is 0.433 e. The van der Waals surface area contributed by atoms with Gasteiger partial charge in [0, 0.05) is 14.1 Å². The number of fused-ring (bicyclic) bond motifs is 1. The minimum Gasteiger partial charge on any atom is -0.480 e. The molecule has 0 radical (unpaired) electrons. The summed E-state index contributed by atoms with van der Waals surface area (Å²) in [5, 5.41) is 12.4. The van der Waals surface area contributed by atoms with Crippen molar-refractivity contribution in [1.82, 2.24) is 14.8 Å². The van der Waals surface area contributed by atoms with Crippen molar-refractivity contribution in [1.29, 1.82) is 0 Å². The van der Waals surface area contributed by atoms with Crippen LogP contribution in [0, 0.1) is 0 Å². The fourth-order valence-corrected chi connectivity index (χ4v) is 1.84. The van der Waals surface area contributed by atoms with E-state index in [1.807, 2.05) is 0 Å². The Kier molecular flexibility index (Phi) is 3.77. The first-order valence-electron chi connectivity index (χ1n) is 5.99. The molecule has 0 saturated heterocycles. The van der Waals surface area contributed by atoms with Crippen molar-refractivity contribution < 1.29 is 23.1 Å². The summed E-state index contributed by atoms with van der Waals surface area (Å²) in [4.78, 5) is 27.7. The second-order valence-corrected chi connectivity index (χ2v) is 4.66. The molecule has 0 atom stereocenters. The van der Waals surface area contributed by atoms with Gasteiger partial charge in [0.25, 0.3) is 5.56 Å². The number of alkyl halides is 3. The second-order valence-electron chi connectivity index (χ2n) is 4.66. The van der Waals surface area contributed by atoms with Gasteiger partial charge < -0.3 is 10.0 Å². The van der Waals surface area contributed by atoms with E-state index in [1.165, 1.54) is 19.0 Å². The van der Waals surface area contributed by atoms with E-state index >= 15 is 0 Å². The molecule has 0 bridgehead atoms. The van der Waals surface area contributed by atoms with Gasteiger partial charge >= 0.3 is 12.1 Å². The van der Waals surface area contributed by atoms with Gasteiger partial charge in [-0.25, -0.2) is 9.67 Å². The SMILES string of the molecule is CN(C)c1nn(CC(=O)O)c(=O)c2ccc(C(F)(F)F)nc12. The van der Waals surface area contributed by atoms with Crippen LogP contribution in [0.4, 0.5) is 19.0 Å². The average Bonchev–Trinajstić information content (AvgIpc) is 2.39. The highest BCUT2D eigenvalue weighted by Gasteiger charge is 2.33. The number of anilines is 1. The van der Waals surface area contributed by atoms with Crippen LogP contribution in [0.1, 0.15) is 5.69 Å². The Balaban J connectivity index is 2.81. The Morgan fingerprint density at radius 3 is 2.50 bits per heavy atom. The summed E-state index contributed by atoms with van der Waals surface area (Å²) in [6.45, 7) is -0.698. The Labute approximate surface area is 121 Å². The van der Waals surface area contributed by atoms with E-state index in [0.29, 0.717) is 10.7 Å². The van der Waals surface area contributed by atoms with Gasteiger partial charge in [0.05, 0.1) is 5.39 Å². The molecule has 0 aromatic carbocycles. The first-order chi connectivity index (χ1) is 10.1. The van der Waals surface area contributed by atoms with Crippen LogP contribution in [0.2, 0.25) is 0 Å². The van der Waals surface area contributed by atoms with Crippen LogP contribution in [0.5, 0.6) is 0 Å². The molecule has 118 valence electrons. The molecular formula is C12H11F3N4O3. The lowest BCUT2D eigenvalue weighted by Crippen LogP contribution is -2.29. The van der Waals surface area contributed by atoms with Gasteiger partial charge in [-0.15, -0.1) is 5.10 Å². The summed E-state index contributed by atoms with van der Waals surface area (Å²) >= 11 is 0. The van der Waals surface area contributed by atoms with Crippen LogP contribution in [0.15, 0.2) is 16.9 Å². The molecule has 2 aromatic rings. The van der Waals surface area contributed by atoms with Crippen molar-refractivity contribution in [3.05, 3.63) is 28.2 Å². The summed E-state index contributed by atoms with van der Waals surface area (Å²) < 4.78 is 38.9. The maximum absolute atomic E-state index is 12.7. The summed E-state index contributed by atoms with van der Waals surface area (Å²) in [6.07, 6.45) is -4.66. The second kappa shape index (κ2) is 5.28. The van der Waals surface area contributed by atoms with Crippen LogP contribution in [0.25, 0.3) is 10.9 Å². The molecule has 0 spiro atoms. The van der Waals surface area contributed by atoms with Crippen LogP contribution >= 0.6 is 0 Å². The Bertz CT molecular complexity index is 799. The first-order valence-corrected chi connectivity index (χ1v) is 5.99. The van der Waals surface area contributed by atoms with Gasteiger partial charge in [-0.2, -0.15) is 13.2 Å². The lowest BCUT2D eigenvalue weighted by atomic mass is 10.2. The molecule has 0 saturated carbocycles. The quantitative estimate of drug-likeness (QED) is 0.907. The lowest BCUT2D eigenvalue weighted by Gasteiger charge is -2.16. The van der Waals surface area contributed by atoms with Crippen molar-refractivity contribution in [2.24, 2.45) is 0 Å². The number of hydrogen-bond acceptors (Lipinski definition) is 5. The largest absolute Gasteiger partial charge is 0.480 e. The zero-order valence-electron chi connectivity index (χ0n) is 11.5. The highest BCUT2D eigenvalue weighted by Crippen LogP contribution is 2.29. The molecule has 7 nitrogen and oxygen atoms in total. The predicted octanol–water partition coefficient (Wildman–Crippen LogP) is 0.961. The van der Waals surface area contributed by atoms with Crippen LogP contribution in [-0.4, -0.2) is 39.9 Å². The third-order valence-corrected chi connectivity index (χ3v) is 2.79. The van der Waals surface area contributed by atoms with Crippen molar-refractivity contribution in [2.75, 3.05) is 19.0 Å². The van der Waals surface area contributed by atoms with Crippen molar-refractivity contribution >= 4 is 22.7 Å². The van der Waals surface area contributed by atoms with Crippen LogP contribution in [-0.2, 0) is 17.5 Å². The number of carboxylic acids is 1. The van der Waals surface area contributed by atoms with Crippen molar-refractivity contribution in [2.45, 2.75) is 12.7 Å². The minimum atomic E-state index is -4.66. The minimum absolute atomic E-state index is 0.0260. The van der Waals surface area contributed by atoms with E-state index < -0.39 is 29.9 Å². The molecule has 0 aliphatic heterocycles. The molecule has 2 rings (SSSR count). The highest BCUT2D eigenvalue weighted by molar-refractivity contribution is 5.87. The molecule has 0 amide bonds. The number of rotatable bonds is 3. The van der Waals surface area contributed by atoms with E-state index in [0.717, 1.165) is 6.07 Å². The number of hydrogen-bond donors (Lipinski definition) is 1. The molecule has 2 aromatic heterocycles. The Morgan fingerprint density at radius 1 is 1.36 bits per heavy atom. The van der Waals surface area contributed by atoms with E-state index in [2.05, 4.69) is 10.1 Å². The first kappa shape index (κ1) is 15.7. The van der Waals surface area contributed by atoms with Crippen molar-refractivity contribution in [3.63, 3.8) is 0 Å². The van der Waals surface area contributed by atoms with Gasteiger partial charge in [-0.3, -0.25) is 9.59 Å². The predicted molar refractivity (Wildman–Crippen MR) is 70.8 cm³/mol. The van der Waals surface area contributed by atoms with Crippen molar-refractivity contribution in [3.8, 4) is 0 Å². The molecule has 0 fully saturated rings. The third-order valence-electron chi connectivity index (χ3n) is 2.79. The van der Waals surface area contributed by atoms with Gasteiger partial charge in [0.1, 0.15) is 17.8 Å². The number of pyridine rings is 1. The molecule has 0 unspecified atom stereocenters. The molecule has 0 aliphatic carbocycles. The topological polar surface area (TPSA) is 88.3 Å². The van der Waals surface area contributed by atoms with Crippen LogP contribution in [0.3, 0.4) is 0 Å². The monoisotopic (exact) mass is 316 g/mol. The lowest BCUT2D eigenvalue weighted by molar-refractivity contribution is -0.141. The normalized spacial score (nSPS) is 11.7. The smallest absolute Gasteiger partial charge is 0.433 e. The van der Waals surface area contributed by atoms with E-state index in [1.54, 1.807) is 0 Å². The summed E-state index contributed by atoms with van der Waals surface area (Å²) in [7, 11) is 3.00. The average molecular weight is 316 g/mol. The van der Waals surface area contributed by atoms with Crippen LogP contribution < -0.4 is 10.5 Å². The molecule has 10 heteroatoms. The molecule has 1 N–H and O–H groups in total. The van der Waals surface area contributed by atoms with E-state index in [9.17, 15) is 22.8 Å². The molecule has 22 heavy (non-hydrogen) atoms. The number of carbonyl (C=O) groups is 1. The standard InChI is InChI=1S/C12H11F3N4O3/c1-18(2)10-9-6(3-4-7(16-9)12(13,14)15)11(22)19(17-10)5-8(20)21/h3-4H,5H2,1-2H3,(H,20,21). The molecule has 0 aliphatic rings. The number of halogens is 3. The summed E-state index contributed by atoms with van der Waals surface area (Å²) in [5.41, 5.74) is -2.20. The Hall–Kier alpha value is -2.65. The maximum atomic E-state index is 12.7. The zero-order valence-corrected chi connectivity index (χ0v) is 11.5. The van der Waals surface area contributed by atoms with Gasteiger partial charge in [0.2, 0.25) is 0 Å². The van der Waals surface area contributed by atoms with E-state index in [4.69, 9.17) is 5.11 Å². The van der Waals surface area contributed by atoms with Gasteiger partial charge in [0.15, 0.2) is 5.82 Å². The molecule has 2 heterocycles. The highest BCUT2D eigenvalue weighted by atomic mass is 19.4.